The van der Waals surface area contributed by atoms with Crippen molar-refractivity contribution in [2.45, 2.75) is 51.7 Å². The molecule has 0 unspecified atom stereocenters. The molecular formula is C14H20N4O. The van der Waals surface area contributed by atoms with Gasteiger partial charge >= 0.3 is 0 Å². The van der Waals surface area contributed by atoms with Crippen molar-refractivity contribution < 1.29 is 4.52 Å². The SMILES string of the molecule is CCCc1nccn1Cc1cc(CNC2CC2)no1. The van der Waals surface area contributed by atoms with Gasteiger partial charge in [-0.2, -0.15) is 0 Å². The Morgan fingerprint density at radius 2 is 2.37 bits per heavy atom. The Kier molecular flexibility index (Phi) is 3.64. The van der Waals surface area contributed by atoms with E-state index in [1.165, 1.54) is 12.8 Å². The summed E-state index contributed by atoms with van der Waals surface area (Å²) >= 11 is 0. The molecule has 0 saturated heterocycles. The first-order valence-electron chi connectivity index (χ1n) is 7.03. The summed E-state index contributed by atoms with van der Waals surface area (Å²) in [6.07, 6.45) is 8.52. The van der Waals surface area contributed by atoms with Crippen LogP contribution >= 0.6 is 0 Å². The molecule has 0 bridgehead atoms. The molecule has 2 aromatic heterocycles. The normalized spacial score (nSPS) is 15.0. The van der Waals surface area contributed by atoms with Crippen molar-refractivity contribution in [2.24, 2.45) is 0 Å². The molecule has 0 spiro atoms. The summed E-state index contributed by atoms with van der Waals surface area (Å²) in [6.45, 7) is 3.68. The van der Waals surface area contributed by atoms with Crippen LogP contribution in [0, 0.1) is 0 Å². The number of imidazole rings is 1. The lowest BCUT2D eigenvalue weighted by molar-refractivity contribution is 0.367. The second-order valence-electron chi connectivity index (χ2n) is 5.16. The average Bonchev–Trinajstić information content (AvgIpc) is 2.98. The van der Waals surface area contributed by atoms with E-state index in [0.717, 1.165) is 36.7 Å². The maximum Gasteiger partial charge on any atom is 0.156 e. The highest BCUT2D eigenvalue weighted by Crippen LogP contribution is 2.19. The third-order valence-corrected chi connectivity index (χ3v) is 3.36. The van der Waals surface area contributed by atoms with Crippen LogP contribution in [0.5, 0.6) is 0 Å². The van der Waals surface area contributed by atoms with Gasteiger partial charge < -0.3 is 14.4 Å². The Hall–Kier alpha value is -1.62. The van der Waals surface area contributed by atoms with Gasteiger partial charge in [-0.05, 0) is 19.3 Å². The number of nitrogens with zero attached hydrogens (tertiary/aromatic N) is 3. The molecule has 5 nitrogen and oxygen atoms in total. The lowest BCUT2D eigenvalue weighted by atomic mass is 10.3. The maximum absolute atomic E-state index is 5.39. The van der Waals surface area contributed by atoms with Crippen LogP contribution in [-0.4, -0.2) is 20.7 Å². The quantitative estimate of drug-likeness (QED) is 0.828. The van der Waals surface area contributed by atoms with Gasteiger partial charge in [0.2, 0.25) is 0 Å². The molecule has 0 atom stereocenters. The van der Waals surface area contributed by atoms with Gasteiger partial charge in [-0.1, -0.05) is 12.1 Å². The fourth-order valence-corrected chi connectivity index (χ4v) is 2.15. The summed E-state index contributed by atoms with van der Waals surface area (Å²) in [5.41, 5.74) is 0.985. The largest absolute Gasteiger partial charge is 0.359 e. The fraction of sp³-hybridized carbons (Fsp3) is 0.571. The van der Waals surface area contributed by atoms with Gasteiger partial charge in [0.05, 0.1) is 12.2 Å². The Balaban J connectivity index is 1.60. The van der Waals surface area contributed by atoms with E-state index in [0.29, 0.717) is 12.6 Å². The van der Waals surface area contributed by atoms with E-state index in [2.05, 4.69) is 26.9 Å². The number of aryl methyl sites for hydroxylation is 1. The molecule has 1 N–H and O–H groups in total. The molecule has 0 amide bonds. The van der Waals surface area contributed by atoms with E-state index in [4.69, 9.17) is 4.52 Å². The van der Waals surface area contributed by atoms with E-state index in [1.807, 2.05) is 18.5 Å². The van der Waals surface area contributed by atoms with Crippen molar-refractivity contribution >= 4 is 0 Å². The molecule has 0 aromatic carbocycles. The smallest absolute Gasteiger partial charge is 0.156 e. The zero-order valence-corrected chi connectivity index (χ0v) is 11.3. The monoisotopic (exact) mass is 260 g/mol. The molecule has 3 rings (SSSR count). The second kappa shape index (κ2) is 5.57. The zero-order chi connectivity index (χ0) is 13.1. The Morgan fingerprint density at radius 1 is 1.47 bits per heavy atom. The van der Waals surface area contributed by atoms with Crippen LogP contribution < -0.4 is 5.32 Å². The van der Waals surface area contributed by atoms with Gasteiger partial charge in [0.1, 0.15) is 5.82 Å². The molecule has 1 aliphatic carbocycles. The highest BCUT2D eigenvalue weighted by atomic mass is 16.5. The molecule has 1 saturated carbocycles. The minimum absolute atomic E-state index is 0.699. The van der Waals surface area contributed by atoms with Gasteiger partial charge in [0.25, 0.3) is 0 Å². The van der Waals surface area contributed by atoms with E-state index < -0.39 is 0 Å². The van der Waals surface area contributed by atoms with Gasteiger partial charge in [0.15, 0.2) is 5.76 Å². The van der Waals surface area contributed by atoms with E-state index >= 15 is 0 Å². The van der Waals surface area contributed by atoms with Crippen molar-refractivity contribution in [3.8, 4) is 0 Å². The molecular weight excluding hydrogens is 240 g/mol. The summed E-state index contributed by atoms with van der Waals surface area (Å²) in [7, 11) is 0. The van der Waals surface area contributed by atoms with Crippen LogP contribution in [0.25, 0.3) is 0 Å². The number of aromatic nitrogens is 3. The topological polar surface area (TPSA) is 55.9 Å². The molecule has 2 aromatic rings. The molecule has 19 heavy (non-hydrogen) atoms. The van der Waals surface area contributed by atoms with Crippen LogP contribution in [0.4, 0.5) is 0 Å². The summed E-state index contributed by atoms with van der Waals surface area (Å²) in [4.78, 5) is 4.37. The summed E-state index contributed by atoms with van der Waals surface area (Å²) in [5.74, 6) is 2.00. The highest BCUT2D eigenvalue weighted by molar-refractivity contribution is 5.07. The van der Waals surface area contributed by atoms with E-state index in [1.54, 1.807) is 0 Å². The lowest BCUT2D eigenvalue weighted by Crippen LogP contribution is -2.15. The fourth-order valence-electron chi connectivity index (χ4n) is 2.15. The number of nitrogens with one attached hydrogen (secondary N) is 1. The third-order valence-electron chi connectivity index (χ3n) is 3.36. The van der Waals surface area contributed by atoms with E-state index in [9.17, 15) is 0 Å². The molecule has 1 aliphatic rings. The standard InChI is InChI=1S/C14H20N4O/c1-2-3-14-15-6-7-18(14)10-13-8-12(17-19-13)9-16-11-4-5-11/h6-8,11,16H,2-5,9-10H2,1H3. The minimum Gasteiger partial charge on any atom is -0.359 e. The van der Waals surface area contributed by atoms with Crippen LogP contribution in [0.3, 0.4) is 0 Å². The maximum atomic E-state index is 5.39. The number of hydrogen-bond donors (Lipinski definition) is 1. The van der Waals surface area contributed by atoms with Crippen LogP contribution in [-0.2, 0) is 19.5 Å². The zero-order valence-electron chi connectivity index (χ0n) is 11.3. The third kappa shape index (κ3) is 3.23. The van der Waals surface area contributed by atoms with Crippen LogP contribution in [0.1, 0.15) is 43.5 Å². The van der Waals surface area contributed by atoms with Crippen LogP contribution in [0.2, 0.25) is 0 Å². The Labute approximate surface area is 113 Å². The van der Waals surface area contributed by atoms with Gasteiger partial charge in [0, 0.05) is 37.5 Å². The van der Waals surface area contributed by atoms with Gasteiger partial charge in [-0.15, -0.1) is 0 Å². The first kappa shape index (κ1) is 12.4. The van der Waals surface area contributed by atoms with Crippen molar-refractivity contribution in [1.29, 1.82) is 0 Å². The van der Waals surface area contributed by atoms with Gasteiger partial charge in [-0.3, -0.25) is 0 Å². The molecule has 0 radical (unpaired) electrons. The van der Waals surface area contributed by atoms with E-state index in [-0.39, 0.29) is 0 Å². The van der Waals surface area contributed by atoms with Crippen molar-refractivity contribution in [3.63, 3.8) is 0 Å². The lowest BCUT2D eigenvalue weighted by Gasteiger charge is -2.03. The highest BCUT2D eigenvalue weighted by Gasteiger charge is 2.20. The predicted molar refractivity (Wildman–Crippen MR) is 71.7 cm³/mol. The first-order valence-corrected chi connectivity index (χ1v) is 7.03. The van der Waals surface area contributed by atoms with Crippen molar-refractivity contribution in [1.82, 2.24) is 20.0 Å². The molecule has 2 heterocycles. The molecule has 0 aliphatic heterocycles. The molecule has 1 fully saturated rings. The van der Waals surface area contributed by atoms with Crippen molar-refractivity contribution in [2.75, 3.05) is 0 Å². The van der Waals surface area contributed by atoms with Crippen molar-refractivity contribution in [3.05, 3.63) is 35.7 Å². The Morgan fingerprint density at radius 3 is 3.16 bits per heavy atom. The average molecular weight is 260 g/mol. The Bertz CT molecular complexity index is 527. The molecule has 5 heteroatoms. The second-order valence-corrected chi connectivity index (χ2v) is 5.16. The summed E-state index contributed by atoms with van der Waals surface area (Å²) in [5, 5.41) is 7.54. The van der Waals surface area contributed by atoms with Crippen LogP contribution in [0.15, 0.2) is 23.0 Å². The summed E-state index contributed by atoms with van der Waals surface area (Å²) < 4.78 is 7.51. The number of rotatable bonds is 7. The first-order chi connectivity index (χ1) is 9.35. The molecule has 102 valence electrons. The summed E-state index contributed by atoms with van der Waals surface area (Å²) in [6, 6.07) is 2.73. The number of hydrogen-bond acceptors (Lipinski definition) is 4. The predicted octanol–water partition coefficient (Wildman–Crippen LogP) is 2.12. The minimum atomic E-state index is 0.699. The van der Waals surface area contributed by atoms with Gasteiger partial charge in [-0.25, -0.2) is 4.98 Å².